The van der Waals surface area contributed by atoms with Gasteiger partial charge >= 0.3 is 0 Å². The topological polar surface area (TPSA) is 99.9 Å². The molecule has 0 aliphatic heterocycles. The van der Waals surface area contributed by atoms with E-state index in [0.29, 0.717) is 12.4 Å². The molecule has 0 bridgehead atoms. The number of alkyl halides is 2. The van der Waals surface area contributed by atoms with Crippen molar-refractivity contribution < 1.29 is 18.3 Å². The highest BCUT2D eigenvalue weighted by molar-refractivity contribution is 5.58. The maximum absolute atomic E-state index is 13.1. The first-order valence-electron chi connectivity index (χ1n) is 11.9. The third-order valence-electron chi connectivity index (χ3n) is 5.83. The van der Waals surface area contributed by atoms with Crippen LogP contribution in [0.1, 0.15) is 57.3 Å². The van der Waals surface area contributed by atoms with Gasteiger partial charge in [0.05, 0.1) is 42.0 Å². The zero-order valence-electron chi connectivity index (χ0n) is 20.3. The van der Waals surface area contributed by atoms with Crippen molar-refractivity contribution in [3.8, 4) is 23.0 Å². The predicted octanol–water partition coefficient (Wildman–Crippen LogP) is 4.59. The van der Waals surface area contributed by atoms with Crippen LogP contribution in [-0.4, -0.2) is 48.3 Å². The van der Waals surface area contributed by atoms with Gasteiger partial charge in [-0.05, 0) is 32.1 Å². The minimum Gasteiger partial charge on any atom is -0.487 e. The summed E-state index contributed by atoms with van der Waals surface area (Å²) in [5, 5.41) is 7.47. The maximum Gasteiger partial charge on any atom is 0.278 e. The van der Waals surface area contributed by atoms with Crippen molar-refractivity contribution >= 4 is 5.95 Å². The Morgan fingerprint density at radius 2 is 1.94 bits per heavy atom. The summed E-state index contributed by atoms with van der Waals surface area (Å²) >= 11 is 0. The molecular formula is C24H31F2N7O2. The number of aromatic nitrogens is 6. The quantitative estimate of drug-likeness (QED) is 0.443. The van der Waals surface area contributed by atoms with Crippen molar-refractivity contribution in [2.45, 2.75) is 70.9 Å². The molecular weight excluding hydrogens is 456 g/mol. The molecule has 0 aromatic carbocycles. The van der Waals surface area contributed by atoms with Crippen LogP contribution in [0.2, 0.25) is 0 Å². The first-order valence-corrected chi connectivity index (χ1v) is 11.9. The van der Waals surface area contributed by atoms with E-state index >= 15 is 0 Å². The Morgan fingerprint density at radius 3 is 2.69 bits per heavy atom. The number of hydrogen-bond acceptors (Lipinski definition) is 8. The lowest BCUT2D eigenvalue weighted by Crippen LogP contribution is -2.21. The molecule has 188 valence electrons. The lowest BCUT2D eigenvalue weighted by molar-refractivity contribution is -0.0242. The number of hydrogen-bond donors (Lipinski definition) is 1. The second-order valence-electron chi connectivity index (χ2n) is 8.80. The van der Waals surface area contributed by atoms with Crippen molar-refractivity contribution in [1.82, 2.24) is 29.7 Å². The van der Waals surface area contributed by atoms with Crippen LogP contribution in [0.3, 0.4) is 0 Å². The number of anilines is 1. The fraction of sp³-hybridized carbons (Fsp3) is 0.542. The molecule has 1 saturated carbocycles. The van der Waals surface area contributed by atoms with Gasteiger partial charge < -0.3 is 14.8 Å². The fourth-order valence-corrected chi connectivity index (χ4v) is 3.98. The van der Waals surface area contributed by atoms with Crippen LogP contribution in [0, 0.1) is 0 Å². The Morgan fingerprint density at radius 1 is 1.14 bits per heavy atom. The molecule has 1 aliphatic rings. The summed E-state index contributed by atoms with van der Waals surface area (Å²) in [6.45, 7) is 2.40. The standard InChI is InChI=1S/C24H31F2N7O2/c1-4-18-20(35-16-8-6-5-7-9-16)14-28-22(31-18)17-12-30-33(3)19(17)13-29-23-27-11-10-21(32-23)34-15-24(2,25)26/h10-12,14,16H,4-9,13,15H2,1-3H3,(H,27,29,32). The van der Waals surface area contributed by atoms with E-state index in [-0.39, 0.29) is 17.9 Å². The molecule has 1 N–H and O–H groups in total. The Hall–Kier alpha value is -3.37. The summed E-state index contributed by atoms with van der Waals surface area (Å²) in [7, 11) is 1.82. The average molecular weight is 488 g/mol. The fourth-order valence-electron chi connectivity index (χ4n) is 3.98. The van der Waals surface area contributed by atoms with Crippen LogP contribution in [0.15, 0.2) is 24.7 Å². The highest BCUT2D eigenvalue weighted by atomic mass is 19.3. The van der Waals surface area contributed by atoms with Crippen LogP contribution >= 0.6 is 0 Å². The van der Waals surface area contributed by atoms with Crippen LogP contribution in [0.5, 0.6) is 11.6 Å². The number of ether oxygens (including phenoxy) is 2. The lowest BCUT2D eigenvalue weighted by Gasteiger charge is -2.23. The third-order valence-corrected chi connectivity index (χ3v) is 5.83. The molecule has 0 amide bonds. The molecule has 3 aromatic heterocycles. The summed E-state index contributed by atoms with van der Waals surface area (Å²) in [6.07, 6.45) is 11.7. The Balaban J connectivity index is 1.48. The number of nitrogens with zero attached hydrogens (tertiary/aromatic N) is 6. The Labute approximate surface area is 203 Å². The van der Waals surface area contributed by atoms with Gasteiger partial charge in [0, 0.05) is 26.2 Å². The molecule has 11 heteroatoms. The SMILES string of the molecule is CCc1nc(-c2cnn(C)c2CNc2nccc(OCC(C)(F)F)n2)ncc1OC1CCCCC1. The van der Waals surface area contributed by atoms with E-state index in [1.165, 1.54) is 31.5 Å². The largest absolute Gasteiger partial charge is 0.487 e. The van der Waals surface area contributed by atoms with Crippen molar-refractivity contribution in [3.63, 3.8) is 0 Å². The molecule has 0 radical (unpaired) electrons. The van der Waals surface area contributed by atoms with Crippen molar-refractivity contribution in [1.29, 1.82) is 0 Å². The first-order chi connectivity index (χ1) is 16.8. The highest BCUT2D eigenvalue weighted by Crippen LogP contribution is 2.28. The molecule has 35 heavy (non-hydrogen) atoms. The number of nitrogens with one attached hydrogen (secondary N) is 1. The van der Waals surface area contributed by atoms with Crippen molar-refractivity contribution in [3.05, 3.63) is 36.0 Å². The van der Waals surface area contributed by atoms with E-state index < -0.39 is 12.5 Å². The third kappa shape index (κ3) is 6.61. The van der Waals surface area contributed by atoms with E-state index in [1.807, 2.05) is 14.0 Å². The second-order valence-corrected chi connectivity index (χ2v) is 8.80. The zero-order valence-corrected chi connectivity index (χ0v) is 20.3. The van der Waals surface area contributed by atoms with Crippen LogP contribution in [0.25, 0.3) is 11.4 Å². The number of aryl methyl sites for hydroxylation is 2. The second kappa shape index (κ2) is 10.9. The molecule has 4 rings (SSSR count). The van der Waals surface area contributed by atoms with Gasteiger partial charge in [0.2, 0.25) is 11.8 Å². The number of halogens is 2. The van der Waals surface area contributed by atoms with Gasteiger partial charge in [-0.15, -0.1) is 0 Å². The molecule has 3 aromatic rings. The molecule has 1 fully saturated rings. The van der Waals surface area contributed by atoms with Gasteiger partial charge in [-0.2, -0.15) is 10.1 Å². The van der Waals surface area contributed by atoms with Gasteiger partial charge in [-0.25, -0.2) is 23.7 Å². The van der Waals surface area contributed by atoms with E-state index in [1.54, 1.807) is 17.1 Å². The lowest BCUT2D eigenvalue weighted by atomic mass is 9.98. The monoisotopic (exact) mass is 487 g/mol. The minimum absolute atomic E-state index is 0.0683. The molecule has 0 spiro atoms. The van der Waals surface area contributed by atoms with E-state index in [4.69, 9.17) is 14.5 Å². The molecule has 0 unspecified atom stereocenters. The molecule has 0 saturated heterocycles. The van der Waals surface area contributed by atoms with Gasteiger partial charge in [-0.3, -0.25) is 4.68 Å². The molecule has 1 aliphatic carbocycles. The maximum atomic E-state index is 13.1. The Kier molecular flexibility index (Phi) is 7.72. The summed E-state index contributed by atoms with van der Waals surface area (Å²) in [5.41, 5.74) is 2.46. The normalized spacial score (nSPS) is 14.7. The average Bonchev–Trinajstić information content (AvgIpc) is 3.22. The van der Waals surface area contributed by atoms with Gasteiger partial charge in [0.1, 0.15) is 0 Å². The smallest absolute Gasteiger partial charge is 0.278 e. The van der Waals surface area contributed by atoms with E-state index in [2.05, 4.69) is 25.4 Å². The number of rotatable bonds is 10. The molecule has 3 heterocycles. The van der Waals surface area contributed by atoms with Crippen molar-refractivity contribution in [2.75, 3.05) is 11.9 Å². The van der Waals surface area contributed by atoms with Crippen molar-refractivity contribution in [2.24, 2.45) is 7.05 Å². The summed E-state index contributed by atoms with van der Waals surface area (Å²) < 4.78 is 39.2. The van der Waals surface area contributed by atoms with Crippen LogP contribution in [-0.2, 0) is 20.0 Å². The van der Waals surface area contributed by atoms with Gasteiger partial charge in [0.15, 0.2) is 18.2 Å². The van der Waals surface area contributed by atoms with Crippen LogP contribution in [0.4, 0.5) is 14.7 Å². The van der Waals surface area contributed by atoms with Crippen LogP contribution < -0.4 is 14.8 Å². The summed E-state index contributed by atoms with van der Waals surface area (Å²) in [6, 6.07) is 1.43. The molecule has 9 nitrogen and oxygen atoms in total. The highest BCUT2D eigenvalue weighted by Gasteiger charge is 2.23. The van der Waals surface area contributed by atoms with E-state index in [0.717, 1.165) is 48.9 Å². The summed E-state index contributed by atoms with van der Waals surface area (Å²) in [5.74, 6) is -1.32. The summed E-state index contributed by atoms with van der Waals surface area (Å²) in [4.78, 5) is 17.6. The Bertz CT molecular complexity index is 1130. The minimum atomic E-state index is -2.95. The predicted molar refractivity (Wildman–Crippen MR) is 127 cm³/mol. The van der Waals surface area contributed by atoms with Gasteiger partial charge in [-0.1, -0.05) is 13.3 Å². The first kappa shape index (κ1) is 24.7. The van der Waals surface area contributed by atoms with E-state index in [9.17, 15) is 8.78 Å². The van der Waals surface area contributed by atoms with Gasteiger partial charge in [0.25, 0.3) is 5.92 Å². The zero-order chi connectivity index (χ0) is 24.8. The molecule has 0 atom stereocenters.